The van der Waals surface area contributed by atoms with Crippen LogP contribution < -0.4 is 21.5 Å². The number of fused-ring (bicyclic) bond motifs is 1. The second-order valence-corrected chi connectivity index (χ2v) is 10.2. The molecular weight excluding hydrogens is 548 g/mol. The molecule has 1 N–H and O–H groups in total. The molecule has 39 heavy (non-hydrogen) atoms. The summed E-state index contributed by atoms with van der Waals surface area (Å²) in [6.45, 7) is 2.63. The second kappa shape index (κ2) is 10.8. The van der Waals surface area contributed by atoms with Gasteiger partial charge in [-0.25, -0.2) is 9.18 Å². The molecule has 0 bridgehead atoms. The van der Waals surface area contributed by atoms with Gasteiger partial charge in [0.1, 0.15) is 5.82 Å². The van der Waals surface area contributed by atoms with E-state index in [2.05, 4.69) is 5.32 Å². The molecule has 0 radical (unpaired) electrons. The van der Waals surface area contributed by atoms with Crippen molar-refractivity contribution in [2.45, 2.75) is 6.54 Å². The molecule has 1 aliphatic heterocycles. The Balaban J connectivity index is 1.38. The van der Waals surface area contributed by atoms with Crippen LogP contribution in [0.5, 0.6) is 0 Å². The third-order valence-electron chi connectivity index (χ3n) is 6.84. The Morgan fingerprint density at radius 2 is 1.72 bits per heavy atom. The summed E-state index contributed by atoms with van der Waals surface area (Å²) in [7, 11) is 3.03. The van der Waals surface area contributed by atoms with E-state index in [9.17, 15) is 18.8 Å². The lowest BCUT2D eigenvalue weighted by atomic mass is 10.2. The lowest BCUT2D eigenvalue weighted by molar-refractivity contribution is -0.117. The van der Waals surface area contributed by atoms with E-state index in [4.69, 9.17) is 28.2 Å². The molecular formula is C26H26Cl2FN7O3. The van der Waals surface area contributed by atoms with Crippen LogP contribution in [0.2, 0.25) is 10.0 Å². The fourth-order valence-corrected chi connectivity index (χ4v) is 5.08. The molecule has 0 spiro atoms. The van der Waals surface area contributed by atoms with E-state index in [1.807, 2.05) is 28.0 Å². The number of halogens is 3. The first-order chi connectivity index (χ1) is 18.6. The summed E-state index contributed by atoms with van der Waals surface area (Å²) >= 11 is 12.2. The molecule has 1 saturated heterocycles. The van der Waals surface area contributed by atoms with Gasteiger partial charge in [-0.2, -0.15) is 4.98 Å². The van der Waals surface area contributed by atoms with Crippen LogP contribution >= 0.6 is 23.2 Å². The van der Waals surface area contributed by atoms with Gasteiger partial charge in [0.2, 0.25) is 11.9 Å². The number of rotatable bonds is 6. The number of nitrogens with one attached hydrogen (secondary N) is 1. The minimum atomic E-state index is -0.552. The monoisotopic (exact) mass is 573 g/mol. The first kappa shape index (κ1) is 26.9. The Labute approximate surface area is 232 Å². The van der Waals surface area contributed by atoms with Crippen LogP contribution in [-0.4, -0.2) is 62.2 Å². The maximum absolute atomic E-state index is 13.4. The Morgan fingerprint density at radius 3 is 2.41 bits per heavy atom. The maximum atomic E-state index is 13.4. The zero-order chi connectivity index (χ0) is 27.8. The summed E-state index contributed by atoms with van der Waals surface area (Å²) in [5, 5.41) is 3.24. The standard InChI is InChI=1S/C26H26Cl2FN7O3/c1-32-23-22(24(38)33(2)26(32)39)36(14-16-5-3-4-6-18(16)27)25(31-23)35-11-9-34(10-12-35)15-21(37)30-17-7-8-20(29)19(28)13-17/h3-8,13H,9-12,14-15H2,1-2H3,(H,30,37). The smallest absolute Gasteiger partial charge is 0.332 e. The number of piperazine rings is 1. The number of benzene rings is 2. The zero-order valence-electron chi connectivity index (χ0n) is 21.3. The van der Waals surface area contributed by atoms with Gasteiger partial charge in [0.25, 0.3) is 5.56 Å². The molecule has 1 amide bonds. The van der Waals surface area contributed by atoms with Gasteiger partial charge in [0, 0.05) is 51.0 Å². The number of carbonyl (C=O) groups excluding carboxylic acids is 1. The molecule has 5 rings (SSSR count). The summed E-state index contributed by atoms with van der Waals surface area (Å²) in [6, 6.07) is 11.4. The van der Waals surface area contributed by atoms with E-state index in [0.29, 0.717) is 60.5 Å². The summed E-state index contributed by atoms with van der Waals surface area (Å²) in [6.07, 6.45) is 0. The molecule has 0 atom stereocenters. The summed E-state index contributed by atoms with van der Waals surface area (Å²) in [5.74, 6) is -0.242. The molecule has 0 aliphatic carbocycles. The SMILES string of the molecule is Cn1c(=O)c2c(nc(N3CCN(CC(=O)Nc4ccc(F)c(Cl)c4)CC3)n2Cc2ccccc2Cl)n(C)c1=O. The largest absolute Gasteiger partial charge is 0.340 e. The summed E-state index contributed by atoms with van der Waals surface area (Å²) in [4.78, 5) is 47.1. The van der Waals surface area contributed by atoms with Gasteiger partial charge in [-0.1, -0.05) is 41.4 Å². The Hall–Kier alpha value is -3.67. The second-order valence-electron chi connectivity index (χ2n) is 9.41. The van der Waals surface area contributed by atoms with Crippen LogP contribution in [0.1, 0.15) is 5.56 Å². The Morgan fingerprint density at radius 1 is 1.00 bits per heavy atom. The molecule has 204 valence electrons. The fraction of sp³-hybridized carbons (Fsp3) is 0.308. The third kappa shape index (κ3) is 5.29. The summed E-state index contributed by atoms with van der Waals surface area (Å²) < 4.78 is 17.6. The third-order valence-corrected chi connectivity index (χ3v) is 7.50. The molecule has 0 saturated carbocycles. The number of aromatic nitrogens is 4. The average molecular weight is 574 g/mol. The molecule has 0 unspecified atom stereocenters. The topological polar surface area (TPSA) is 97.4 Å². The van der Waals surface area contributed by atoms with E-state index in [0.717, 1.165) is 10.1 Å². The molecule has 3 heterocycles. The van der Waals surface area contributed by atoms with E-state index >= 15 is 0 Å². The van der Waals surface area contributed by atoms with E-state index < -0.39 is 17.1 Å². The van der Waals surface area contributed by atoms with Gasteiger partial charge in [-0.3, -0.25) is 28.2 Å². The van der Waals surface area contributed by atoms with E-state index in [-0.39, 0.29) is 17.5 Å². The first-order valence-corrected chi connectivity index (χ1v) is 13.0. The molecule has 1 fully saturated rings. The Bertz CT molecular complexity index is 1690. The Kier molecular flexibility index (Phi) is 7.48. The van der Waals surface area contributed by atoms with Gasteiger partial charge < -0.3 is 10.2 Å². The van der Waals surface area contributed by atoms with Crippen LogP contribution in [0.3, 0.4) is 0 Å². The molecule has 2 aromatic carbocycles. The highest BCUT2D eigenvalue weighted by molar-refractivity contribution is 6.31. The van der Waals surface area contributed by atoms with Gasteiger partial charge in [0.15, 0.2) is 11.2 Å². The molecule has 13 heteroatoms. The highest BCUT2D eigenvalue weighted by Gasteiger charge is 2.26. The van der Waals surface area contributed by atoms with Crippen LogP contribution in [0.4, 0.5) is 16.0 Å². The molecule has 4 aromatic rings. The minimum Gasteiger partial charge on any atom is -0.340 e. The van der Waals surface area contributed by atoms with Crippen molar-refractivity contribution >= 4 is 51.9 Å². The molecule has 1 aliphatic rings. The van der Waals surface area contributed by atoms with Crippen molar-refractivity contribution in [2.75, 3.05) is 42.9 Å². The van der Waals surface area contributed by atoms with Crippen LogP contribution in [0.25, 0.3) is 11.2 Å². The van der Waals surface area contributed by atoms with Gasteiger partial charge in [-0.05, 0) is 29.8 Å². The van der Waals surface area contributed by atoms with Crippen LogP contribution in [0.15, 0.2) is 52.1 Å². The summed E-state index contributed by atoms with van der Waals surface area (Å²) in [5.41, 5.74) is 0.950. The van der Waals surface area contributed by atoms with Crippen molar-refractivity contribution in [3.63, 3.8) is 0 Å². The molecule has 10 nitrogen and oxygen atoms in total. The van der Waals surface area contributed by atoms with Gasteiger partial charge in [0.05, 0.1) is 18.1 Å². The van der Waals surface area contributed by atoms with Crippen molar-refractivity contribution in [3.05, 3.63) is 84.7 Å². The maximum Gasteiger partial charge on any atom is 0.332 e. The van der Waals surface area contributed by atoms with Crippen molar-refractivity contribution < 1.29 is 9.18 Å². The zero-order valence-corrected chi connectivity index (χ0v) is 22.8. The number of imidazole rings is 1. The highest BCUT2D eigenvalue weighted by Crippen LogP contribution is 2.25. The van der Waals surface area contributed by atoms with E-state index in [1.54, 1.807) is 17.7 Å². The first-order valence-electron chi connectivity index (χ1n) is 12.3. The number of anilines is 2. The van der Waals surface area contributed by atoms with Crippen LogP contribution in [0, 0.1) is 5.82 Å². The van der Waals surface area contributed by atoms with Crippen molar-refractivity contribution in [2.24, 2.45) is 14.1 Å². The number of hydrogen-bond donors (Lipinski definition) is 1. The highest BCUT2D eigenvalue weighted by atomic mass is 35.5. The van der Waals surface area contributed by atoms with Crippen molar-refractivity contribution in [3.8, 4) is 0 Å². The average Bonchev–Trinajstić information content (AvgIpc) is 3.29. The lowest BCUT2D eigenvalue weighted by Gasteiger charge is -2.35. The lowest BCUT2D eigenvalue weighted by Crippen LogP contribution is -2.49. The predicted molar refractivity (Wildman–Crippen MR) is 149 cm³/mol. The number of hydrogen-bond acceptors (Lipinski definition) is 6. The van der Waals surface area contributed by atoms with E-state index in [1.165, 1.54) is 29.8 Å². The number of amides is 1. The van der Waals surface area contributed by atoms with Gasteiger partial charge >= 0.3 is 5.69 Å². The van der Waals surface area contributed by atoms with Crippen molar-refractivity contribution in [1.29, 1.82) is 0 Å². The number of carbonyl (C=O) groups is 1. The predicted octanol–water partition coefficient (Wildman–Crippen LogP) is 2.69. The number of nitrogens with zero attached hydrogens (tertiary/aromatic N) is 6. The van der Waals surface area contributed by atoms with Crippen molar-refractivity contribution in [1.82, 2.24) is 23.6 Å². The quantitative estimate of drug-likeness (QED) is 0.381. The van der Waals surface area contributed by atoms with Gasteiger partial charge in [-0.15, -0.1) is 0 Å². The minimum absolute atomic E-state index is 0.0616. The fourth-order valence-electron chi connectivity index (χ4n) is 4.71. The normalized spacial score (nSPS) is 14.2. The molecule has 2 aromatic heterocycles. The number of aryl methyl sites for hydroxylation is 1. The van der Waals surface area contributed by atoms with Crippen LogP contribution in [-0.2, 0) is 25.4 Å².